The number of carbonyl (C=O) groups is 1. The number of ether oxygens (including phenoxy) is 2. The topological polar surface area (TPSA) is 73.3 Å². The summed E-state index contributed by atoms with van der Waals surface area (Å²) >= 11 is 0. The van der Waals surface area contributed by atoms with Gasteiger partial charge in [0.1, 0.15) is 6.61 Å². The Balaban J connectivity index is 1.82. The van der Waals surface area contributed by atoms with E-state index in [2.05, 4.69) is 15.3 Å². The van der Waals surface area contributed by atoms with E-state index in [1.807, 2.05) is 61.5 Å². The third kappa shape index (κ3) is 4.55. The van der Waals surface area contributed by atoms with Crippen molar-refractivity contribution in [2.45, 2.75) is 13.5 Å². The molecule has 0 saturated heterocycles. The molecule has 0 aliphatic carbocycles. The second-order valence-corrected chi connectivity index (χ2v) is 5.58. The highest BCUT2D eigenvalue weighted by atomic mass is 16.6. The summed E-state index contributed by atoms with van der Waals surface area (Å²) < 4.78 is 10.5. The number of nitrogens with zero attached hydrogens (tertiary/aromatic N) is 2. The molecule has 0 amide bonds. The van der Waals surface area contributed by atoms with Crippen molar-refractivity contribution in [2.24, 2.45) is 0 Å². The Morgan fingerprint density at radius 3 is 2.38 bits per heavy atom. The highest BCUT2D eigenvalue weighted by Crippen LogP contribution is 2.18. The van der Waals surface area contributed by atoms with Crippen molar-refractivity contribution in [1.82, 2.24) is 9.97 Å². The van der Waals surface area contributed by atoms with Crippen LogP contribution < -0.4 is 5.32 Å². The van der Waals surface area contributed by atoms with Crippen LogP contribution in [0.25, 0.3) is 11.0 Å². The molecule has 3 aromatic rings. The number of carbonyl (C=O) groups excluding carboxylic acids is 1. The molecule has 6 heteroatoms. The van der Waals surface area contributed by atoms with Gasteiger partial charge in [-0.05, 0) is 24.6 Å². The molecule has 0 fully saturated rings. The summed E-state index contributed by atoms with van der Waals surface area (Å²) in [7, 11) is 0. The number of hydrogen-bond donors (Lipinski definition) is 1. The van der Waals surface area contributed by atoms with Gasteiger partial charge in [0.25, 0.3) is 0 Å². The van der Waals surface area contributed by atoms with Gasteiger partial charge < -0.3 is 14.8 Å². The van der Waals surface area contributed by atoms with Crippen LogP contribution >= 0.6 is 0 Å². The lowest BCUT2D eigenvalue weighted by atomic mass is 10.2. The maximum atomic E-state index is 12.5. The van der Waals surface area contributed by atoms with Gasteiger partial charge in [-0.3, -0.25) is 0 Å². The summed E-state index contributed by atoms with van der Waals surface area (Å²) in [4.78, 5) is 21.5. The molecule has 1 heterocycles. The zero-order valence-corrected chi connectivity index (χ0v) is 14.6. The van der Waals surface area contributed by atoms with Crippen LogP contribution in [0.2, 0.25) is 0 Å². The monoisotopic (exact) mass is 351 g/mol. The molecule has 0 saturated carbocycles. The van der Waals surface area contributed by atoms with Crippen molar-refractivity contribution in [1.29, 1.82) is 0 Å². The number of hydrogen-bond acceptors (Lipinski definition) is 6. The van der Waals surface area contributed by atoms with Gasteiger partial charge in [-0.1, -0.05) is 42.5 Å². The molecule has 0 aliphatic heterocycles. The molecular formula is C20H21N3O3. The zero-order chi connectivity index (χ0) is 18.2. The standard InChI is InChI=1S/C20H21N3O3/c1-2-25-12-13-26-20(24)18-19(21-14-15-8-4-3-5-9-15)23-17-11-7-6-10-16(17)22-18/h3-11H,2,12-14H2,1H3,(H,21,23). The first kappa shape index (κ1) is 17.8. The van der Waals surface area contributed by atoms with E-state index in [4.69, 9.17) is 9.47 Å². The van der Waals surface area contributed by atoms with Crippen LogP contribution in [0.15, 0.2) is 54.6 Å². The molecule has 0 spiro atoms. The first-order valence-electron chi connectivity index (χ1n) is 8.57. The van der Waals surface area contributed by atoms with Gasteiger partial charge in [0.15, 0.2) is 11.5 Å². The van der Waals surface area contributed by atoms with Gasteiger partial charge >= 0.3 is 5.97 Å². The number of nitrogens with one attached hydrogen (secondary N) is 1. The fourth-order valence-corrected chi connectivity index (χ4v) is 2.45. The number of fused-ring (bicyclic) bond motifs is 1. The molecule has 1 aromatic heterocycles. The lowest BCUT2D eigenvalue weighted by molar-refractivity contribution is 0.0330. The van der Waals surface area contributed by atoms with Crippen LogP contribution in [-0.4, -0.2) is 35.8 Å². The molecule has 2 aromatic carbocycles. The number of anilines is 1. The average Bonchev–Trinajstić information content (AvgIpc) is 2.69. The van der Waals surface area contributed by atoms with Crippen LogP contribution in [0.1, 0.15) is 23.0 Å². The summed E-state index contributed by atoms with van der Waals surface area (Å²) in [5.74, 6) is -0.104. The fourth-order valence-electron chi connectivity index (χ4n) is 2.45. The predicted molar refractivity (Wildman–Crippen MR) is 100 cm³/mol. The molecule has 3 rings (SSSR count). The maximum absolute atomic E-state index is 12.5. The number of benzene rings is 2. The molecule has 6 nitrogen and oxygen atoms in total. The van der Waals surface area contributed by atoms with Crippen molar-refractivity contribution in [3.8, 4) is 0 Å². The lowest BCUT2D eigenvalue weighted by Crippen LogP contribution is -2.16. The Morgan fingerprint density at radius 2 is 1.65 bits per heavy atom. The van der Waals surface area contributed by atoms with Crippen molar-refractivity contribution in [3.05, 3.63) is 65.9 Å². The normalized spacial score (nSPS) is 10.7. The third-order valence-corrected chi connectivity index (χ3v) is 3.73. The number of para-hydroxylation sites is 2. The molecule has 0 aliphatic rings. The molecule has 0 unspecified atom stereocenters. The first-order valence-corrected chi connectivity index (χ1v) is 8.57. The van der Waals surface area contributed by atoms with E-state index < -0.39 is 5.97 Å². The summed E-state index contributed by atoms with van der Waals surface area (Å²) in [5.41, 5.74) is 2.62. The van der Waals surface area contributed by atoms with E-state index in [-0.39, 0.29) is 12.3 Å². The van der Waals surface area contributed by atoms with Gasteiger partial charge in [-0.15, -0.1) is 0 Å². The van der Waals surface area contributed by atoms with E-state index in [0.29, 0.717) is 36.6 Å². The van der Waals surface area contributed by atoms with Crippen LogP contribution in [0, 0.1) is 0 Å². The quantitative estimate of drug-likeness (QED) is 0.495. The van der Waals surface area contributed by atoms with E-state index >= 15 is 0 Å². The molecular weight excluding hydrogens is 330 g/mol. The van der Waals surface area contributed by atoms with Gasteiger partial charge in [0, 0.05) is 13.2 Å². The zero-order valence-electron chi connectivity index (χ0n) is 14.6. The number of aromatic nitrogens is 2. The highest BCUT2D eigenvalue weighted by molar-refractivity contribution is 5.95. The molecule has 0 bridgehead atoms. The van der Waals surface area contributed by atoms with E-state index in [0.717, 1.165) is 5.56 Å². The molecule has 134 valence electrons. The smallest absolute Gasteiger partial charge is 0.360 e. The van der Waals surface area contributed by atoms with Gasteiger partial charge in [-0.2, -0.15) is 0 Å². The van der Waals surface area contributed by atoms with Crippen LogP contribution in [0.5, 0.6) is 0 Å². The fraction of sp³-hybridized carbons (Fsp3) is 0.250. The SMILES string of the molecule is CCOCCOC(=O)c1nc2ccccc2nc1NCc1ccccc1. The molecule has 0 atom stereocenters. The third-order valence-electron chi connectivity index (χ3n) is 3.73. The van der Waals surface area contributed by atoms with E-state index in [9.17, 15) is 4.79 Å². The van der Waals surface area contributed by atoms with Crippen molar-refractivity contribution in [2.75, 3.05) is 25.1 Å². The average molecular weight is 351 g/mol. The molecule has 1 N–H and O–H groups in total. The lowest BCUT2D eigenvalue weighted by Gasteiger charge is -2.12. The Labute approximate surface area is 152 Å². The minimum atomic E-state index is -0.515. The van der Waals surface area contributed by atoms with Crippen LogP contribution in [-0.2, 0) is 16.0 Å². The molecule has 0 radical (unpaired) electrons. The Hall–Kier alpha value is -2.99. The van der Waals surface area contributed by atoms with Gasteiger partial charge in [0.2, 0.25) is 0 Å². The summed E-state index contributed by atoms with van der Waals surface area (Å²) in [6.45, 7) is 3.54. The van der Waals surface area contributed by atoms with E-state index in [1.165, 1.54) is 0 Å². The minimum Gasteiger partial charge on any atom is -0.458 e. The van der Waals surface area contributed by atoms with E-state index in [1.54, 1.807) is 0 Å². The number of esters is 1. The summed E-state index contributed by atoms with van der Waals surface area (Å²) in [6.07, 6.45) is 0. The van der Waals surface area contributed by atoms with Crippen molar-refractivity contribution >= 4 is 22.8 Å². The van der Waals surface area contributed by atoms with Crippen molar-refractivity contribution in [3.63, 3.8) is 0 Å². The maximum Gasteiger partial charge on any atom is 0.360 e. The van der Waals surface area contributed by atoms with Gasteiger partial charge in [-0.25, -0.2) is 14.8 Å². The Kier molecular flexibility index (Phi) is 6.11. The van der Waals surface area contributed by atoms with Crippen LogP contribution in [0.3, 0.4) is 0 Å². The highest BCUT2D eigenvalue weighted by Gasteiger charge is 2.18. The van der Waals surface area contributed by atoms with Crippen LogP contribution in [0.4, 0.5) is 5.82 Å². The number of rotatable bonds is 8. The Morgan fingerprint density at radius 1 is 0.962 bits per heavy atom. The summed E-state index contributed by atoms with van der Waals surface area (Å²) in [6, 6.07) is 17.3. The summed E-state index contributed by atoms with van der Waals surface area (Å²) in [5, 5.41) is 3.20. The second kappa shape index (κ2) is 8.92. The predicted octanol–water partition coefficient (Wildman–Crippen LogP) is 3.44. The largest absolute Gasteiger partial charge is 0.458 e. The minimum absolute atomic E-state index is 0.177. The molecule has 26 heavy (non-hydrogen) atoms. The second-order valence-electron chi connectivity index (χ2n) is 5.58. The first-order chi connectivity index (χ1) is 12.8. The van der Waals surface area contributed by atoms with Crippen molar-refractivity contribution < 1.29 is 14.3 Å². The van der Waals surface area contributed by atoms with Gasteiger partial charge in [0.05, 0.1) is 17.6 Å². The Bertz CT molecular complexity index is 869.